The average Bonchev–Trinajstić information content (AvgIpc) is 2.75. The van der Waals surface area contributed by atoms with Crippen molar-refractivity contribution in [3.05, 3.63) is 48.0 Å². The number of nitrogens with two attached hydrogens (primary N) is 1. The summed E-state index contributed by atoms with van der Waals surface area (Å²) in [6, 6.07) is 10.3. The summed E-state index contributed by atoms with van der Waals surface area (Å²) >= 11 is 0. The largest absolute Gasteiger partial charge is 0.330 e. The molecule has 1 aromatic heterocycles. The molecule has 16 heavy (non-hydrogen) atoms. The molecule has 0 aliphatic heterocycles. The van der Waals surface area contributed by atoms with Crippen molar-refractivity contribution in [1.82, 2.24) is 14.8 Å². The molecule has 0 amide bonds. The molecule has 2 N–H and O–H groups in total. The summed E-state index contributed by atoms with van der Waals surface area (Å²) in [7, 11) is 0. The smallest absolute Gasteiger partial charge is 0.137 e. The lowest BCUT2D eigenvalue weighted by atomic mass is 10.1. The topological polar surface area (TPSA) is 56.7 Å². The molecular formula is C12H16N4. The van der Waals surface area contributed by atoms with Crippen LogP contribution < -0.4 is 5.73 Å². The summed E-state index contributed by atoms with van der Waals surface area (Å²) in [5.41, 5.74) is 6.75. The Balaban J connectivity index is 2.07. The molecule has 2 aromatic rings. The van der Waals surface area contributed by atoms with E-state index in [2.05, 4.69) is 26.9 Å². The molecule has 0 fully saturated rings. The van der Waals surface area contributed by atoms with Crippen molar-refractivity contribution in [3.8, 4) is 0 Å². The van der Waals surface area contributed by atoms with E-state index in [1.165, 1.54) is 5.56 Å². The van der Waals surface area contributed by atoms with E-state index in [-0.39, 0.29) is 0 Å². The van der Waals surface area contributed by atoms with Gasteiger partial charge in [0.15, 0.2) is 0 Å². The number of nitrogens with zero attached hydrogens (tertiary/aromatic N) is 3. The number of hydrogen-bond donors (Lipinski definition) is 1. The van der Waals surface area contributed by atoms with Crippen molar-refractivity contribution < 1.29 is 0 Å². The Morgan fingerprint density at radius 1 is 1.19 bits per heavy atom. The third-order valence-electron chi connectivity index (χ3n) is 2.50. The van der Waals surface area contributed by atoms with Crippen LogP contribution in [0.25, 0.3) is 0 Å². The first-order valence-corrected chi connectivity index (χ1v) is 5.51. The maximum absolute atomic E-state index is 5.49. The highest BCUT2D eigenvalue weighted by Crippen LogP contribution is 2.06. The van der Waals surface area contributed by atoms with E-state index in [4.69, 9.17) is 5.73 Å². The molecule has 1 aromatic carbocycles. The minimum atomic E-state index is 0.697. The Labute approximate surface area is 95.1 Å². The van der Waals surface area contributed by atoms with Gasteiger partial charge in [0, 0.05) is 13.0 Å². The van der Waals surface area contributed by atoms with Gasteiger partial charge in [0.05, 0.1) is 0 Å². The molecule has 0 radical (unpaired) electrons. The van der Waals surface area contributed by atoms with Crippen LogP contribution in [-0.2, 0) is 13.0 Å². The van der Waals surface area contributed by atoms with E-state index in [0.717, 1.165) is 25.2 Å². The molecule has 84 valence electrons. The van der Waals surface area contributed by atoms with Crippen molar-refractivity contribution in [2.75, 3.05) is 6.54 Å². The molecule has 0 saturated heterocycles. The Morgan fingerprint density at radius 3 is 2.75 bits per heavy atom. The van der Waals surface area contributed by atoms with E-state index >= 15 is 0 Å². The van der Waals surface area contributed by atoms with Crippen LogP contribution in [0.4, 0.5) is 0 Å². The van der Waals surface area contributed by atoms with Gasteiger partial charge in [0.1, 0.15) is 12.2 Å². The van der Waals surface area contributed by atoms with Gasteiger partial charge in [-0.05, 0) is 18.5 Å². The molecule has 0 aliphatic carbocycles. The van der Waals surface area contributed by atoms with Crippen molar-refractivity contribution >= 4 is 0 Å². The molecule has 0 aliphatic rings. The van der Waals surface area contributed by atoms with Gasteiger partial charge in [0.2, 0.25) is 0 Å². The van der Waals surface area contributed by atoms with Crippen LogP contribution >= 0.6 is 0 Å². The molecular weight excluding hydrogens is 200 g/mol. The minimum Gasteiger partial charge on any atom is -0.330 e. The lowest BCUT2D eigenvalue weighted by Gasteiger charge is -2.05. The number of benzene rings is 1. The van der Waals surface area contributed by atoms with Crippen molar-refractivity contribution in [1.29, 1.82) is 0 Å². The van der Waals surface area contributed by atoms with Crippen LogP contribution in [0.3, 0.4) is 0 Å². The molecule has 0 unspecified atom stereocenters. The molecule has 1 heterocycles. The number of hydrogen-bond acceptors (Lipinski definition) is 3. The first kappa shape index (κ1) is 10.8. The Kier molecular flexibility index (Phi) is 3.66. The molecule has 0 spiro atoms. The second kappa shape index (κ2) is 5.42. The van der Waals surface area contributed by atoms with Crippen LogP contribution in [-0.4, -0.2) is 21.3 Å². The summed E-state index contributed by atoms with van der Waals surface area (Å²) in [5, 5.41) is 8.08. The van der Waals surface area contributed by atoms with Gasteiger partial charge in [-0.25, -0.2) is 0 Å². The first-order valence-electron chi connectivity index (χ1n) is 5.51. The van der Waals surface area contributed by atoms with Gasteiger partial charge < -0.3 is 10.3 Å². The maximum Gasteiger partial charge on any atom is 0.137 e. The van der Waals surface area contributed by atoms with Crippen LogP contribution in [0.15, 0.2) is 36.7 Å². The first-order chi connectivity index (χ1) is 7.90. The zero-order valence-corrected chi connectivity index (χ0v) is 9.21. The molecule has 0 bridgehead atoms. The van der Waals surface area contributed by atoms with Gasteiger partial charge in [-0.3, -0.25) is 0 Å². The van der Waals surface area contributed by atoms with E-state index in [1.807, 2.05) is 18.2 Å². The van der Waals surface area contributed by atoms with E-state index in [0.29, 0.717) is 6.54 Å². The third-order valence-corrected chi connectivity index (χ3v) is 2.50. The van der Waals surface area contributed by atoms with E-state index in [1.54, 1.807) is 6.33 Å². The monoisotopic (exact) mass is 216 g/mol. The second-order valence-corrected chi connectivity index (χ2v) is 3.75. The predicted octanol–water partition coefficient (Wildman–Crippen LogP) is 1.22. The molecule has 2 rings (SSSR count). The minimum absolute atomic E-state index is 0.697. The lowest BCUT2D eigenvalue weighted by Crippen LogP contribution is -2.08. The van der Waals surface area contributed by atoms with Gasteiger partial charge in [-0.2, -0.15) is 0 Å². The summed E-state index contributed by atoms with van der Waals surface area (Å²) in [4.78, 5) is 0. The van der Waals surface area contributed by atoms with Crippen molar-refractivity contribution in [3.63, 3.8) is 0 Å². The zero-order valence-electron chi connectivity index (χ0n) is 9.21. The fourth-order valence-electron chi connectivity index (χ4n) is 1.64. The Morgan fingerprint density at radius 2 is 2.00 bits per heavy atom. The third kappa shape index (κ3) is 2.67. The van der Waals surface area contributed by atoms with Crippen LogP contribution in [0.5, 0.6) is 0 Å². The quantitative estimate of drug-likeness (QED) is 0.817. The second-order valence-electron chi connectivity index (χ2n) is 3.75. The van der Waals surface area contributed by atoms with Gasteiger partial charge >= 0.3 is 0 Å². The molecule has 0 atom stereocenters. The van der Waals surface area contributed by atoms with Crippen molar-refractivity contribution in [2.45, 2.75) is 19.4 Å². The van der Waals surface area contributed by atoms with Gasteiger partial charge in [0.25, 0.3) is 0 Å². The molecule has 0 saturated carbocycles. The molecule has 4 nitrogen and oxygen atoms in total. The van der Waals surface area contributed by atoms with Gasteiger partial charge in [-0.1, -0.05) is 30.3 Å². The summed E-state index contributed by atoms with van der Waals surface area (Å²) in [6.07, 6.45) is 3.55. The fourth-order valence-corrected chi connectivity index (χ4v) is 1.64. The van der Waals surface area contributed by atoms with Crippen LogP contribution in [0, 0.1) is 0 Å². The Bertz CT molecular complexity index is 422. The normalized spacial score (nSPS) is 10.6. The zero-order chi connectivity index (χ0) is 11.2. The number of rotatable bonds is 5. The van der Waals surface area contributed by atoms with Gasteiger partial charge in [-0.15, -0.1) is 10.2 Å². The number of aryl methyl sites for hydroxylation is 1. The highest BCUT2D eigenvalue weighted by molar-refractivity contribution is 5.18. The highest BCUT2D eigenvalue weighted by Gasteiger charge is 2.04. The SMILES string of the molecule is NCCCn1cnnc1Cc1ccccc1. The Hall–Kier alpha value is -1.68. The van der Waals surface area contributed by atoms with Crippen molar-refractivity contribution in [2.24, 2.45) is 5.73 Å². The fraction of sp³-hybridized carbons (Fsp3) is 0.333. The summed E-state index contributed by atoms with van der Waals surface area (Å²) in [5.74, 6) is 1.000. The number of aromatic nitrogens is 3. The lowest BCUT2D eigenvalue weighted by molar-refractivity contribution is 0.624. The highest BCUT2D eigenvalue weighted by atomic mass is 15.3. The maximum atomic E-state index is 5.49. The van der Waals surface area contributed by atoms with E-state index < -0.39 is 0 Å². The van der Waals surface area contributed by atoms with Crippen LogP contribution in [0.1, 0.15) is 17.8 Å². The predicted molar refractivity (Wildman–Crippen MR) is 62.9 cm³/mol. The summed E-state index contributed by atoms with van der Waals surface area (Å²) < 4.78 is 2.07. The summed E-state index contributed by atoms with van der Waals surface area (Å²) in [6.45, 7) is 1.59. The standard InChI is InChI=1S/C12H16N4/c13-7-4-8-16-10-14-15-12(16)9-11-5-2-1-3-6-11/h1-3,5-6,10H,4,7-9,13H2. The average molecular weight is 216 g/mol. The van der Waals surface area contributed by atoms with Crippen LogP contribution in [0.2, 0.25) is 0 Å². The van der Waals surface area contributed by atoms with E-state index in [9.17, 15) is 0 Å². The molecule has 4 heteroatoms.